The first kappa shape index (κ1) is 19.4. The van der Waals surface area contributed by atoms with Gasteiger partial charge >= 0.3 is 0 Å². The lowest BCUT2D eigenvalue weighted by atomic mass is 10.2. The number of hydrogen-bond donors (Lipinski definition) is 1. The van der Waals surface area contributed by atoms with Crippen LogP contribution in [0, 0.1) is 20.8 Å². The first-order chi connectivity index (χ1) is 14.4. The van der Waals surface area contributed by atoms with Crippen LogP contribution in [0.3, 0.4) is 0 Å². The van der Waals surface area contributed by atoms with Crippen molar-refractivity contribution in [3.8, 4) is 11.3 Å². The van der Waals surface area contributed by atoms with E-state index in [9.17, 15) is 9.59 Å². The Morgan fingerprint density at radius 2 is 2.07 bits per heavy atom. The van der Waals surface area contributed by atoms with Crippen molar-refractivity contribution in [3.05, 3.63) is 70.4 Å². The third kappa shape index (κ3) is 3.43. The topological polar surface area (TPSA) is 120 Å². The molecule has 0 saturated heterocycles. The quantitative estimate of drug-likeness (QED) is 0.485. The summed E-state index contributed by atoms with van der Waals surface area (Å²) < 4.78 is 13.6. The molecule has 10 heteroatoms. The zero-order chi connectivity index (χ0) is 21.4. The van der Waals surface area contributed by atoms with Crippen molar-refractivity contribution < 1.29 is 13.7 Å². The highest BCUT2D eigenvalue weighted by atomic mass is 16.5. The molecule has 0 aliphatic carbocycles. The molecule has 0 aliphatic heterocycles. The molecule has 0 spiro atoms. The molecule has 0 aromatic carbocycles. The van der Waals surface area contributed by atoms with Gasteiger partial charge in [-0.25, -0.2) is 4.98 Å². The minimum absolute atomic E-state index is 0.0868. The van der Waals surface area contributed by atoms with E-state index in [1.54, 1.807) is 28.2 Å². The van der Waals surface area contributed by atoms with Gasteiger partial charge in [0.2, 0.25) is 11.5 Å². The number of hydrogen-bond acceptors (Lipinski definition) is 7. The van der Waals surface area contributed by atoms with Gasteiger partial charge in [0.05, 0.1) is 12.2 Å². The number of imidazole rings is 1. The second-order valence-corrected chi connectivity index (χ2v) is 6.82. The molecular formula is C20H20N6O4. The zero-order valence-corrected chi connectivity index (χ0v) is 16.8. The van der Waals surface area contributed by atoms with Gasteiger partial charge in [0, 0.05) is 31.4 Å². The number of carbonyl (C=O) groups is 1. The van der Waals surface area contributed by atoms with E-state index in [1.165, 1.54) is 6.20 Å². The lowest BCUT2D eigenvalue weighted by Gasteiger charge is -2.11. The number of rotatable bonds is 6. The van der Waals surface area contributed by atoms with Gasteiger partial charge in [-0.15, -0.1) is 6.58 Å². The van der Waals surface area contributed by atoms with E-state index in [0.29, 0.717) is 29.7 Å². The number of nitrogens with zero attached hydrogens (tertiary/aromatic N) is 5. The lowest BCUT2D eigenvalue weighted by Crippen LogP contribution is -2.24. The Kier molecular flexibility index (Phi) is 4.82. The third-order valence-corrected chi connectivity index (χ3v) is 4.56. The van der Waals surface area contributed by atoms with E-state index in [0.717, 1.165) is 11.3 Å². The Labute approximate surface area is 170 Å². The van der Waals surface area contributed by atoms with Crippen LogP contribution in [0.5, 0.6) is 0 Å². The number of fused-ring (bicyclic) bond motifs is 1. The van der Waals surface area contributed by atoms with Crippen molar-refractivity contribution in [1.29, 1.82) is 0 Å². The molecule has 4 heterocycles. The summed E-state index contributed by atoms with van der Waals surface area (Å²) in [6.45, 7) is 9.45. The molecule has 30 heavy (non-hydrogen) atoms. The number of aromatic nitrogens is 5. The average Bonchev–Trinajstić information content (AvgIpc) is 3.40. The van der Waals surface area contributed by atoms with E-state index in [-0.39, 0.29) is 23.4 Å². The number of aryl methyl sites for hydroxylation is 3. The Morgan fingerprint density at radius 3 is 2.70 bits per heavy atom. The van der Waals surface area contributed by atoms with Crippen LogP contribution in [0.15, 0.2) is 44.8 Å². The predicted octanol–water partition coefficient (Wildman–Crippen LogP) is 2.18. The van der Waals surface area contributed by atoms with Gasteiger partial charge in [-0.1, -0.05) is 11.2 Å². The Morgan fingerprint density at radius 1 is 1.27 bits per heavy atom. The summed E-state index contributed by atoms with van der Waals surface area (Å²) in [5.74, 6) is 1.74. The van der Waals surface area contributed by atoms with Crippen molar-refractivity contribution in [2.75, 3.05) is 0 Å². The molecule has 4 aromatic rings. The summed E-state index contributed by atoms with van der Waals surface area (Å²) in [4.78, 5) is 33.9. The van der Waals surface area contributed by atoms with Crippen molar-refractivity contribution in [3.63, 3.8) is 0 Å². The summed E-state index contributed by atoms with van der Waals surface area (Å²) in [5, 5.41) is 6.40. The summed E-state index contributed by atoms with van der Waals surface area (Å²) in [7, 11) is 0. The maximum Gasteiger partial charge on any atom is 0.295 e. The fourth-order valence-corrected chi connectivity index (χ4v) is 3.26. The number of furan rings is 1. The summed E-state index contributed by atoms with van der Waals surface area (Å²) in [5.41, 5.74) is 1.35. The fourth-order valence-electron chi connectivity index (χ4n) is 3.26. The molecule has 0 aliphatic rings. The Balaban J connectivity index is 1.74. The van der Waals surface area contributed by atoms with Crippen LogP contribution in [-0.2, 0) is 13.1 Å². The van der Waals surface area contributed by atoms with Gasteiger partial charge < -0.3 is 14.3 Å². The van der Waals surface area contributed by atoms with Crippen LogP contribution in [0.4, 0.5) is 0 Å². The van der Waals surface area contributed by atoms with Gasteiger partial charge in [0.25, 0.3) is 11.5 Å². The molecule has 1 N–H and O–H groups in total. The highest BCUT2D eigenvalue weighted by molar-refractivity contribution is 5.92. The first-order valence-electron chi connectivity index (χ1n) is 9.25. The van der Waals surface area contributed by atoms with Crippen molar-refractivity contribution in [2.45, 2.75) is 33.9 Å². The molecule has 10 nitrogen and oxygen atoms in total. The van der Waals surface area contributed by atoms with Gasteiger partial charge in [0.1, 0.15) is 17.2 Å². The normalized spacial score (nSPS) is 11.2. The zero-order valence-electron chi connectivity index (χ0n) is 16.8. The molecule has 1 amide bonds. The van der Waals surface area contributed by atoms with Crippen LogP contribution in [0.2, 0.25) is 0 Å². The van der Waals surface area contributed by atoms with E-state index in [2.05, 4.69) is 27.0 Å². The Hall–Kier alpha value is -3.95. The highest BCUT2D eigenvalue weighted by Crippen LogP contribution is 2.26. The fraction of sp³-hybridized carbons (Fsp3) is 0.250. The molecule has 154 valence electrons. The van der Waals surface area contributed by atoms with E-state index < -0.39 is 5.91 Å². The van der Waals surface area contributed by atoms with Crippen molar-refractivity contribution in [2.24, 2.45) is 0 Å². The Bertz CT molecular complexity index is 1320. The average molecular weight is 408 g/mol. The molecule has 0 saturated carbocycles. The number of nitrogens with one attached hydrogen (secondary N) is 1. The molecular weight excluding hydrogens is 388 g/mol. The minimum Gasteiger partial charge on any atom is -0.466 e. The van der Waals surface area contributed by atoms with E-state index in [1.807, 2.05) is 19.9 Å². The number of allylic oxidation sites excluding steroid dienone is 1. The van der Waals surface area contributed by atoms with Gasteiger partial charge in [0.15, 0.2) is 5.82 Å². The van der Waals surface area contributed by atoms with Gasteiger partial charge in [-0.05, 0) is 19.9 Å². The second kappa shape index (κ2) is 7.47. The number of carbonyl (C=O) groups excluding carboxylic acids is 1. The SMILES string of the molecule is C=CCn1c(-c2cc(C)oc2C)cn2cc(C(=O)NCc3noc(C)n3)nc2c1=O. The van der Waals surface area contributed by atoms with Crippen LogP contribution in [0.1, 0.15) is 33.7 Å². The van der Waals surface area contributed by atoms with Crippen LogP contribution >= 0.6 is 0 Å². The lowest BCUT2D eigenvalue weighted by molar-refractivity contribution is 0.0945. The summed E-state index contributed by atoms with van der Waals surface area (Å²) >= 11 is 0. The smallest absolute Gasteiger partial charge is 0.295 e. The molecule has 0 radical (unpaired) electrons. The van der Waals surface area contributed by atoms with Crippen LogP contribution in [0.25, 0.3) is 16.9 Å². The van der Waals surface area contributed by atoms with Crippen LogP contribution < -0.4 is 10.9 Å². The number of amides is 1. The second-order valence-electron chi connectivity index (χ2n) is 6.82. The maximum atomic E-state index is 13.1. The van der Waals surface area contributed by atoms with Crippen LogP contribution in [-0.4, -0.2) is 30.0 Å². The highest BCUT2D eigenvalue weighted by Gasteiger charge is 2.19. The van der Waals surface area contributed by atoms with E-state index >= 15 is 0 Å². The standard InChI is InChI=1S/C20H20N6O4/c1-5-6-26-16(14-7-11(2)29-12(14)3)10-25-9-15(23-18(25)20(26)28)19(27)21-8-17-22-13(4)30-24-17/h5,7,9-10H,1,6,8H2,2-4H3,(H,21,27). The van der Waals surface area contributed by atoms with E-state index in [4.69, 9.17) is 8.94 Å². The molecule has 0 fully saturated rings. The summed E-state index contributed by atoms with van der Waals surface area (Å²) in [6.07, 6.45) is 4.90. The summed E-state index contributed by atoms with van der Waals surface area (Å²) in [6, 6.07) is 1.87. The molecule has 0 unspecified atom stereocenters. The monoisotopic (exact) mass is 408 g/mol. The molecule has 0 bridgehead atoms. The van der Waals surface area contributed by atoms with Gasteiger partial charge in [-0.3, -0.25) is 18.6 Å². The minimum atomic E-state index is -0.451. The van der Waals surface area contributed by atoms with Gasteiger partial charge in [-0.2, -0.15) is 4.98 Å². The molecule has 4 aromatic heterocycles. The first-order valence-corrected chi connectivity index (χ1v) is 9.25. The third-order valence-electron chi connectivity index (χ3n) is 4.56. The van der Waals surface area contributed by atoms with Crippen molar-refractivity contribution >= 4 is 11.6 Å². The predicted molar refractivity (Wildman–Crippen MR) is 107 cm³/mol. The van der Waals surface area contributed by atoms with Crippen molar-refractivity contribution in [1.82, 2.24) is 29.4 Å². The molecule has 4 rings (SSSR count). The maximum absolute atomic E-state index is 13.1. The molecule has 0 atom stereocenters. The largest absolute Gasteiger partial charge is 0.466 e.